The Balaban J connectivity index is 2.20. The quantitative estimate of drug-likeness (QED) is 0.850. The average Bonchev–Trinajstić information content (AvgIpc) is 2.53. The van der Waals surface area contributed by atoms with Gasteiger partial charge in [-0.15, -0.1) is 0 Å². The van der Waals surface area contributed by atoms with E-state index in [1.165, 1.54) is 24.3 Å². The predicted molar refractivity (Wildman–Crippen MR) is 87.5 cm³/mol. The summed E-state index contributed by atoms with van der Waals surface area (Å²) in [4.78, 5) is 0.121. The molecule has 0 aliphatic carbocycles. The number of sulfonamides is 1. The van der Waals surface area contributed by atoms with E-state index < -0.39 is 16.1 Å². The van der Waals surface area contributed by atoms with Crippen LogP contribution in [0.4, 0.5) is 0 Å². The molecule has 0 radical (unpaired) electrons. The molecule has 0 amide bonds. The van der Waals surface area contributed by atoms with Crippen molar-refractivity contribution in [2.24, 2.45) is 0 Å². The minimum atomic E-state index is -3.71. The second-order valence-electron chi connectivity index (χ2n) is 5.06. The molecule has 2 N–H and O–H groups in total. The predicted octanol–water partition coefficient (Wildman–Crippen LogP) is 2.78. The SMILES string of the molecule is C[C@@H](c1ccccc1)[C@@H](CO)NS(=O)(=O)c1ccc(Cl)cc1. The highest BCUT2D eigenvalue weighted by Gasteiger charge is 2.24. The van der Waals surface area contributed by atoms with Crippen LogP contribution in [0, 0.1) is 0 Å². The van der Waals surface area contributed by atoms with Crippen LogP contribution in [0.5, 0.6) is 0 Å². The van der Waals surface area contributed by atoms with E-state index in [1.54, 1.807) is 0 Å². The minimum Gasteiger partial charge on any atom is -0.395 e. The number of aliphatic hydroxyl groups is 1. The molecule has 0 bridgehead atoms. The van der Waals surface area contributed by atoms with Gasteiger partial charge in [0.15, 0.2) is 0 Å². The molecule has 22 heavy (non-hydrogen) atoms. The maximum absolute atomic E-state index is 12.4. The maximum atomic E-state index is 12.4. The summed E-state index contributed by atoms with van der Waals surface area (Å²) in [7, 11) is -3.71. The zero-order chi connectivity index (χ0) is 16.2. The van der Waals surface area contributed by atoms with Gasteiger partial charge in [0.25, 0.3) is 0 Å². The van der Waals surface area contributed by atoms with E-state index in [0.29, 0.717) is 5.02 Å². The number of nitrogens with one attached hydrogen (secondary N) is 1. The number of halogens is 1. The van der Waals surface area contributed by atoms with E-state index in [0.717, 1.165) is 5.56 Å². The zero-order valence-corrected chi connectivity index (χ0v) is 13.7. The van der Waals surface area contributed by atoms with Gasteiger partial charge in [-0.25, -0.2) is 13.1 Å². The number of aliphatic hydroxyl groups excluding tert-OH is 1. The van der Waals surface area contributed by atoms with Crippen LogP contribution in [-0.4, -0.2) is 26.2 Å². The lowest BCUT2D eigenvalue weighted by Crippen LogP contribution is -2.41. The van der Waals surface area contributed by atoms with Crippen molar-refractivity contribution in [3.8, 4) is 0 Å². The van der Waals surface area contributed by atoms with Crippen LogP contribution in [-0.2, 0) is 10.0 Å². The molecule has 118 valence electrons. The molecule has 2 atom stereocenters. The Bertz CT molecular complexity index is 702. The molecule has 0 saturated carbocycles. The van der Waals surface area contributed by atoms with Gasteiger partial charge in [0.2, 0.25) is 10.0 Å². The fourth-order valence-electron chi connectivity index (χ4n) is 2.17. The van der Waals surface area contributed by atoms with Gasteiger partial charge in [-0.3, -0.25) is 0 Å². The zero-order valence-electron chi connectivity index (χ0n) is 12.1. The van der Waals surface area contributed by atoms with Crippen molar-refractivity contribution in [1.82, 2.24) is 4.72 Å². The van der Waals surface area contributed by atoms with E-state index in [1.807, 2.05) is 37.3 Å². The normalized spacial score (nSPS) is 14.5. The van der Waals surface area contributed by atoms with E-state index >= 15 is 0 Å². The fraction of sp³-hybridized carbons (Fsp3) is 0.250. The first-order chi connectivity index (χ1) is 10.4. The first kappa shape index (κ1) is 17.0. The van der Waals surface area contributed by atoms with Crippen molar-refractivity contribution < 1.29 is 13.5 Å². The third kappa shape index (κ3) is 4.08. The van der Waals surface area contributed by atoms with E-state index in [4.69, 9.17) is 11.6 Å². The van der Waals surface area contributed by atoms with Gasteiger partial charge < -0.3 is 5.11 Å². The standard InChI is InChI=1S/C16H18ClNO3S/c1-12(13-5-3-2-4-6-13)16(11-19)18-22(20,21)15-9-7-14(17)8-10-15/h2-10,12,16,18-19H,11H2,1H3/t12-,16+/m0/s1. The van der Waals surface area contributed by atoms with Gasteiger partial charge in [0.1, 0.15) is 0 Å². The lowest BCUT2D eigenvalue weighted by atomic mass is 9.94. The van der Waals surface area contributed by atoms with Gasteiger partial charge >= 0.3 is 0 Å². The van der Waals surface area contributed by atoms with Gasteiger partial charge in [0.05, 0.1) is 17.5 Å². The molecule has 2 aromatic carbocycles. The molecule has 2 aromatic rings. The smallest absolute Gasteiger partial charge is 0.240 e. The Morgan fingerprint density at radius 2 is 1.68 bits per heavy atom. The second kappa shape index (κ2) is 7.24. The molecule has 0 aliphatic rings. The maximum Gasteiger partial charge on any atom is 0.240 e. The third-order valence-electron chi connectivity index (χ3n) is 3.56. The Kier molecular flexibility index (Phi) is 5.58. The molecular formula is C16H18ClNO3S. The first-order valence-electron chi connectivity index (χ1n) is 6.88. The Hall–Kier alpha value is -1.40. The highest BCUT2D eigenvalue weighted by atomic mass is 35.5. The lowest BCUT2D eigenvalue weighted by molar-refractivity contribution is 0.242. The third-order valence-corrected chi connectivity index (χ3v) is 5.31. The summed E-state index contributed by atoms with van der Waals surface area (Å²) < 4.78 is 27.3. The first-order valence-corrected chi connectivity index (χ1v) is 8.74. The van der Waals surface area contributed by atoms with Crippen LogP contribution in [0.15, 0.2) is 59.5 Å². The van der Waals surface area contributed by atoms with Crippen molar-refractivity contribution in [3.05, 3.63) is 65.2 Å². The topological polar surface area (TPSA) is 66.4 Å². The Morgan fingerprint density at radius 1 is 1.09 bits per heavy atom. The van der Waals surface area contributed by atoms with E-state index in [9.17, 15) is 13.5 Å². The van der Waals surface area contributed by atoms with Crippen molar-refractivity contribution in [2.45, 2.75) is 23.8 Å². The van der Waals surface area contributed by atoms with Crippen LogP contribution < -0.4 is 4.72 Å². The summed E-state index contributed by atoms with van der Waals surface area (Å²) in [6, 6.07) is 14.8. The van der Waals surface area contributed by atoms with Gasteiger partial charge in [-0.2, -0.15) is 0 Å². The molecule has 0 aromatic heterocycles. The summed E-state index contributed by atoms with van der Waals surface area (Å²) in [6.45, 7) is 1.59. The molecule has 6 heteroatoms. The van der Waals surface area contributed by atoms with Crippen molar-refractivity contribution in [1.29, 1.82) is 0 Å². The number of benzene rings is 2. The minimum absolute atomic E-state index is 0.121. The molecule has 0 fully saturated rings. The van der Waals surface area contributed by atoms with E-state index in [-0.39, 0.29) is 17.4 Å². The molecule has 0 unspecified atom stereocenters. The number of hydrogen-bond acceptors (Lipinski definition) is 3. The van der Waals surface area contributed by atoms with Gasteiger partial charge in [0, 0.05) is 5.02 Å². The van der Waals surface area contributed by atoms with Gasteiger partial charge in [-0.1, -0.05) is 48.9 Å². The van der Waals surface area contributed by atoms with Crippen LogP contribution >= 0.6 is 11.6 Å². The summed E-state index contributed by atoms with van der Waals surface area (Å²) in [5.41, 5.74) is 0.959. The second-order valence-corrected chi connectivity index (χ2v) is 7.21. The molecule has 0 aliphatic heterocycles. The van der Waals surface area contributed by atoms with Crippen LogP contribution in [0.25, 0.3) is 0 Å². The number of hydrogen-bond donors (Lipinski definition) is 2. The number of rotatable bonds is 6. The highest BCUT2D eigenvalue weighted by Crippen LogP contribution is 2.21. The van der Waals surface area contributed by atoms with Crippen molar-refractivity contribution in [2.75, 3.05) is 6.61 Å². The Morgan fingerprint density at radius 3 is 2.23 bits per heavy atom. The monoisotopic (exact) mass is 339 g/mol. The van der Waals surface area contributed by atoms with Crippen molar-refractivity contribution >= 4 is 21.6 Å². The molecule has 0 saturated heterocycles. The summed E-state index contributed by atoms with van der Waals surface area (Å²) in [6.07, 6.45) is 0. The highest BCUT2D eigenvalue weighted by molar-refractivity contribution is 7.89. The van der Waals surface area contributed by atoms with Crippen LogP contribution in [0.2, 0.25) is 5.02 Å². The molecule has 4 nitrogen and oxygen atoms in total. The lowest BCUT2D eigenvalue weighted by Gasteiger charge is -2.23. The fourth-order valence-corrected chi connectivity index (χ4v) is 3.60. The average molecular weight is 340 g/mol. The van der Waals surface area contributed by atoms with Crippen LogP contribution in [0.1, 0.15) is 18.4 Å². The van der Waals surface area contributed by atoms with E-state index in [2.05, 4.69) is 4.72 Å². The molecule has 2 rings (SSSR count). The van der Waals surface area contributed by atoms with Crippen LogP contribution in [0.3, 0.4) is 0 Å². The van der Waals surface area contributed by atoms with Crippen molar-refractivity contribution in [3.63, 3.8) is 0 Å². The summed E-state index contributed by atoms with van der Waals surface area (Å²) in [5.74, 6) is -0.159. The molecule has 0 spiro atoms. The van der Waals surface area contributed by atoms with Gasteiger partial charge in [-0.05, 0) is 35.7 Å². The largest absolute Gasteiger partial charge is 0.395 e. The molecule has 0 heterocycles. The molecular weight excluding hydrogens is 322 g/mol. The summed E-state index contributed by atoms with van der Waals surface area (Å²) in [5, 5.41) is 10.0. The summed E-state index contributed by atoms with van der Waals surface area (Å²) >= 11 is 5.77. The Labute approximate surface area is 135 Å².